The molecule has 1 aliphatic rings. The number of benzene rings is 1. The van der Waals surface area contributed by atoms with E-state index in [-0.39, 0.29) is 23.2 Å². The first-order chi connectivity index (χ1) is 12.0. The fourth-order valence-corrected chi connectivity index (χ4v) is 4.99. The van der Waals surface area contributed by atoms with Crippen LogP contribution in [0.2, 0.25) is 0 Å². The van der Waals surface area contributed by atoms with E-state index in [1.54, 1.807) is 41.0 Å². The molecule has 4 rings (SSSR count). The molecule has 3 heterocycles. The molecule has 2 aromatic heterocycles. The molecule has 130 valence electrons. The Bertz CT molecular complexity index is 1030. The average Bonchev–Trinajstić information content (AvgIpc) is 3.19. The molecular formula is C17H17FN4O2S. The molecule has 0 radical (unpaired) electrons. The van der Waals surface area contributed by atoms with Crippen LogP contribution in [0, 0.1) is 11.7 Å². The largest absolute Gasteiger partial charge is 0.370 e. The number of sulfone groups is 1. The van der Waals surface area contributed by atoms with Gasteiger partial charge in [-0.3, -0.25) is 0 Å². The van der Waals surface area contributed by atoms with Gasteiger partial charge in [0, 0.05) is 24.2 Å². The number of anilines is 1. The fraction of sp³-hybridized carbons (Fsp3) is 0.294. The Labute approximate surface area is 144 Å². The first kappa shape index (κ1) is 16.0. The lowest BCUT2D eigenvalue weighted by molar-refractivity contribution is 0.595. The van der Waals surface area contributed by atoms with Gasteiger partial charge in [-0.15, -0.1) is 0 Å². The minimum Gasteiger partial charge on any atom is -0.370 e. The lowest BCUT2D eigenvalue weighted by Gasteiger charge is -2.13. The van der Waals surface area contributed by atoms with E-state index >= 15 is 0 Å². The van der Waals surface area contributed by atoms with Crippen LogP contribution in [0.3, 0.4) is 0 Å². The van der Waals surface area contributed by atoms with Crippen molar-refractivity contribution in [2.45, 2.75) is 6.42 Å². The van der Waals surface area contributed by atoms with Gasteiger partial charge in [-0.2, -0.15) is 9.61 Å². The Morgan fingerprint density at radius 3 is 2.88 bits per heavy atom. The third-order valence-electron chi connectivity index (χ3n) is 4.41. The summed E-state index contributed by atoms with van der Waals surface area (Å²) in [5.74, 6) is 0.839. The SMILES string of the molecule is O=S1(=O)CCC(CNc2cc(-c3ccccc3F)nc3ccnn23)C1. The molecule has 25 heavy (non-hydrogen) atoms. The third-order valence-corrected chi connectivity index (χ3v) is 6.24. The van der Waals surface area contributed by atoms with E-state index in [9.17, 15) is 12.8 Å². The predicted molar refractivity (Wildman–Crippen MR) is 93.6 cm³/mol. The molecule has 0 saturated carbocycles. The summed E-state index contributed by atoms with van der Waals surface area (Å²) in [5.41, 5.74) is 1.52. The zero-order valence-corrected chi connectivity index (χ0v) is 14.2. The number of nitrogens with zero attached hydrogens (tertiary/aromatic N) is 3. The summed E-state index contributed by atoms with van der Waals surface area (Å²) in [6, 6.07) is 9.95. The molecule has 1 atom stereocenters. The summed E-state index contributed by atoms with van der Waals surface area (Å²) in [4.78, 5) is 4.45. The van der Waals surface area contributed by atoms with Crippen LogP contribution in [0.5, 0.6) is 0 Å². The molecule has 1 unspecified atom stereocenters. The van der Waals surface area contributed by atoms with Crippen molar-refractivity contribution in [1.29, 1.82) is 0 Å². The molecule has 0 spiro atoms. The lowest BCUT2D eigenvalue weighted by atomic mass is 10.1. The third kappa shape index (κ3) is 3.21. The van der Waals surface area contributed by atoms with Crippen molar-refractivity contribution in [1.82, 2.24) is 14.6 Å². The van der Waals surface area contributed by atoms with Gasteiger partial charge in [0.2, 0.25) is 0 Å². The van der Waals surface area contributed by atoms with E-state index in [1.165, 1.54) is 6.07 Å². The molecule has 0 aliphatic carbocycles. The maximum atomic E-state index is 14.1. The highest BCUT2D eigenvalue weighted by molar-refractivity contribution is 7.91. The highest BCUT2D eigenvalue weighted by atomic mass is 32.2. The average molecular weight is 360 g/mol. The summed E-state index contributed by atoms with van der Waals surface area (Å²) < 4.78 is 38.9. The van der Waals surface area contributed by atoms with Gasteiger partial charge < -0.3 is 5.32 Å². The van der Waals surface area contributed by atoms with Crippen molar-refractivity contribution in [3.63, 3.8) is 0 Å². The summed E-state index contributed by atoms with van der Waals surface area (Å²) in [5, 5.41) is 7.49. The van der Waals surface area contributed by atoms with Crippen LogP contribution < -0.4 is 5.32 Å². The monoisotopic (exact) mass is 360 g/mol. The van der Waals surface area contributed by atoms with Crippen LogP contribution >= 0.6 is 0 Å². The second-order valence-electron chi connectivity index (χ2n) is 6.26. The Hall–Kier alpha value is -2.48. The standard InChI is InChI=1S/C17H17FN4O2S/c18-14-4-2-1-3-13(14)15-9-17(22-16(21-15)5-7-20-22)19-10-12-6-8-25(23,24)11-12/h1-5,7,9,12,19H,6,8,10-11H2. The van der Waals surface area contributed by atoms with Gasteiger partial charge in [0.15, 0.2) is 15.5 Å². The van der Waals surface area contributed by atoms with Crippen molar-refractivity contribution in [2.75, 3.05) is 23.4 Å². The van der Waals surface area contributed by atoms with Crippen LogP contribution in [-0.2, 0) is 9.84 Å². The van der Waals surface area contributed by atoms with Crippen LogP contribution in [0.1, 0.15) is 6.42 Å². The van der Waals surface area contributed by atoms with E-state index < -0.39 is 9.84 Å². The van der Waals surface area contributed by atoms with Crippen LogP contribution in [0.4, 0.5) is 10.2 Å². The zero-order chi connectivity index (χ0) is 17.4. The first-order valence-electron chi connectivity index (χ1n) is 8.06. The second-order valence-corrected chi connectivity index (χ2v) is 8.49. The normalized spacial score (nSPS) is 19.3. The summed E-state index contributed by atoms with van der Waals surface area (Å²) in [7, 11) is -2.91. The van der Waals surface area contributed by atoms with Gasteiger partial charge in [0.05, 0.1) is 23.4 Å². The van der Waals surface area contributed by atoms with E-state index in [0.29, 0.717) is 35.7 Å². The van der Waals surface area contributed by atoms with Crippen molar-refractivity contribution in [3.8, 4) is 11.3 Å². The number of rotatable bonds is 4. The smallest absolute Gasteiger partial charge is 0.157 e. The molecule has 1 fully saturated rings. The Balaban J connectivity index is 1.66. The van der Waals surface area contributed by atoms with Crippen molar-refractivity contribution in [3.05, 3.63) is 48.4 Å². The Morgan fingerprint density at radius 1 is 1.28 bits per heavy atom. The van der Waals surface area contributed by atoms with Gasteiger partial charge in [-0.1, -0.05) is 12.1 Å². The maximum absolute atomic E-state index is 14.1. The Kier molecular flexibility index (Phi) is 3.91. The molecule has 0 amide bonds. The quantitative estimate of drug-likeness (QED) is 0.773. The lowest BCUT2D eigenvalue weighted by Crippen LogP contribution is -2.17. The first-order valence-corrected chi connectivity index (χ1v) is 9.88. The molecule has 1 N–H and O–H groups in total. The number of aromatic nitrogens is 3. The summed E-state index contributed by atoms with van der Waals surface area (Å²) in [6.45, 7) is 0.523. The minimum absolute atomic E-state index is 0.0701. The predicted octanol–water partition coefficient (Wildman–Crippen LogP) is 2.38. The summed E-state index contributed by atoms with van der Waals surface area (Å²) >= 11 is 0. The molecule has 8 heteroatoms. The van der Waals surface area contributed by atoms with Gasteiger partial charge in [0.25, 0.3) is 0 Å². The van der Waals surface area contributed by atoms with Gasteiger partial charge >= 0.3 is 0 Å². The molecule has 3 aromatic rings. The number of nitrogens with one attached hydrogen (secondary N) is 1. The van der Waals surface area contributed by atoms with Crippen LogP contribution in [0.15, 0.2) is 42.6 Å². The van der Waals surface area contributed by atoms with E-state index in [1.807, 2.05) is 0 Å². The maximum Gasteiger partial charge on any atom is 0.157 e. The molecule has 1 saturated heterocycles. The fourth-order valence-electron chi connectivity index (χ4n) is 3.13. The Morgan fingerprint density at radius 2 is 2.12 bits per heavy atom. The van der Waals surface area contributed by atoms with Gasteiger partial charge in [-0.05, 0) is 24.5 Å². The number of hydrogen-bond donors (Lipinski definition) is 1. The van der Waals surface area contributed by atoms with Crippen molar-refractivity contribution < 1.29 is 12.8 Å². The highest BCUT2D eigenvalue weighted by Crippen LogP contribution is 2.25. The molecule has 6 nitrogen and oxygen atoms in total. The summed E-state index contributed by atoms with van der Waals surface area (Å²) in [6.07, 6.45) is 2.28. The highest BCUT2D eigenvalue weighted by Gasteiger charge is 2.27. The molecule has 1 aliphatic heterocycles. The van der Waals surface area contributed by atoms with Gasteiger partial charge in [0.1, 0.15) is 11.6 Å². The van der Waals surface area contributed by atoms with Crippen molar-refractivity contribution >= 4 is 21.3 Å². The van der Waals surface area contributed by atoms with E-state index in [4.69, 9.17) is 0 Å². The molecule has 0 bridgehead atoms. The number of halogens is 1. The van der Waals surface area contributed by atoms with Gasteiger partial charge in [-0.25, -0.2) is 17.8 Å². The van der Waals surface area contributed by atoms with E-state index in [2.05, 4.69) is 15.4 Å². The van der Waals surface area contributed by atoms with Crippen molar-refractivity contribution in [2.24, 2.45) is 5.92 Å². The van der Waals surface area contributed by atoms with Crippen LogP contribution in [0.25, 0.3) is 16.9 Å². The number of hydrogen-bond acceptors (Lipinski definition) is 5. The second kappa shape index (κ2) is 6.11. The molecular weight excluding hydrogens is 343 g/mol. The van der Waals surface area contributed by atoms with Crippen LogP contribution in [-0.4, -0.2) is 41.1 Å². The minimum atomic E-state index is -2.91. The topological polar surface area (TPSA) is 76.4 Å². The molecule has 1 aromatic carbocycles. The zero-order valence-electron chi connectivity index (χ0n) is 13.4. The number of fused-ring (bicyclic) bond motifs is 1. The van der Waals surface area contributed by atoms with E-state index in [0.717, 1.165) is 0 Å².